The third-order valence-corrected chi connectivity index (χ3v) is 3.49. The zero-order chi connectivity index (χ0) is 12.9. The molecule has 0 aromatic heterocycles. The number of hydrogen-bond donors (Lipinski definition) is 0. The lowest BCUT2D eigenvalue weighted by Crippen LogP contribution is -2.12. The van der Waals surface area contributed by atoms with Crippen molar-refractivity contribution in [2.75, 3.05) is 13.2 Å². The number of benzene rings is 1. The van der Waals surface area contributed by atoms with E-state index < -0.39 is 0 Å². The van der Waals surface area contributed by atoms with Crippen molar-refractivity contribution < 1.29 is 4.74 Å². The van der Waals surface area contributed by atoms with Crippen molar-refractivity contribution in [2.45, 2.75) is 46.0 Å². The Bertz CT molecular complexity index is 352. The van der Waals surface area contributed by atoms with Gasteiger partial charge >= 0.3 is 0 Å². The number of hydrogen-bond acceptors (Lipinski definition) is 1. The van der Waals surface area contributed by atoms with Crippen molar-refractivity contribution in [3.63, 3.8) is 0 Å². The molecular formula is C15H23BrO. The summed E-state index contributed by atoms with van der Waals surface area (Å²) >= 11 is 3.63. The fourth-order valence-corrected chi connectivity index (χ4v) is 2.67. The summed E-state index contributed by atoms with van der Waals surface area (Å²) in [4.78, 5) is 0. The van der Waals surface area contributed by atoms with Crippen molar-refractivity contribution in [3.05, 3.63) is 33.8 Å². The van der Waals surface area contributed by atoms with E-state index in [0.29, 0.717) is 0 Å². The van der Waals surface area contributed by atoms with Gasteiger partial charge in [0.25, 0.3) is 0 Å². The monoisotopic (exact) mass is 298 g/mol. The van der Waals surface area contributed by atoms with Gasteiger partial charge in [0, 0.05) is 17.7 Å². The van der Waals surface area contributed by atoms with Gasteiger partial charge in [-0.3, -0.25) is 0 Å². The second-order valence-corrected chi connectivity index (χ2v) is 6.22. The molecule has 0 heterocycles. The molecule has 17 heavy (non-hydrogen) atoms. The SMILES string of the molecule is CCOCCCc1ccc(Br)c(C(C)(C)C)c1. The summed E-state index contributed by atoms with van der Waals surface area (Å²) < 4.78 is 6.57. The predicted molar refractivity (Wildman–Crippen MR) is 77.7 cm³/mol. The molecule has 1 aromatic rings. The van der Waals surface area contributed by atoms with E-state index in [9.17, 15) is 0 Å². The van der Waals surface area contributed by atoms with Crippen LogP contribution in [-0.4, -0.2) is 13.2 Å². The van der Waals surface area contributed by atoms with Crippen LogP contribution < -0.4 is 0 Å². The third kappa shape index (κ3) is 4.81. The maximum Gasteiger partial charge on any atom is 0.0469 e. The van der Waals surface area contributed by atoms with Crippen LogP contribution in [-0.2, 0) is 16.6 Å². The van der Waals surface area contributed by atoms with Crippen LogP contribution in [0.3, 0.4) is 0 Å². The highest BCUT2D eigenvalue weighted by atomic mass is 79.9. The maximum atomic E-state index is 5.37. The van der Waals surface area contributed by atoms with Crippen molar-refractivity contribution in [2.24, 2.45) is 0 Å². The molecule has 0 bridgehead atoms. The maximum absolute atomic E-state index is 5.37. The molecule has 96 valence electrons. The van der Waals surface area contributed by atoms with Crippen molar-refractivity contribution in [1.82, 2.24) is 0 Å². The van der Waals surface area contributed by atoms with Crippen LogP contribution in [0.4, 0.5) is 0 Å². The second kappa shape index (κ2) is 6.55. The number of aryl methyl sites for hydroxylation is 1. The van der Waals surface area contributed by atoms with E-state index in [-0.39, 0.29) is 5.41 Å². The van der Waals surface area contributed by atoms with Crippen LogP contribution in [0.2, 0.25) is 0 Å². The van der Waals surface area contributed by atoms with E-state index in [2.05, 4.69) is 54.9 Å². The number of rotatable bonds is 5. The molecule has 0 saturated carbocycles. The zero-order valence-electron chi connectivity index (χ0n) is 11.3. The molecule has 0 unspecified atom stereocenters. The van der Waals surface area contributed by atoms with Crippen LogP contribution >= 0.6 is 15.9 Å². The first-order valence-corrected chi connectivity index (χ1v) is 7.11. The summed E-state index contributed by atoms with van der Waals surface area (Å²) in [5.74, 6) is 0. The summed E-state index contributed by atoms with van der Waals surface area (Å²) in [7, 11) is 0. The molecule has 0 saturated heterocycles. The number of halogens is 1. The minimum Gasteiger partial charge on any atom is -0.382 e. The largest absolute Gasteiger partial charge is 0.382 e. The van der Waals surface area contributed by atoms with Gasteiger partial charge in [0.2, 0.25) is 0 Å². The standard InChI is InChI=1S/C15H23BrO/c1-5-17-10-6-7-12-8-9-14(16)13(11-12)15(2,3)4/h8-9,11H,5-7,10H2,1-4H3. The molecule has 0 fully saturated rings. The summed E-state index contributed by atoms with van der Waals surface area (Å²) in [6.07, 6.45) is 2.19. The first kappa shape index (κ1) is 14.7. The predicted octanol–water partition coefficient (Wildman–Crippen LogP) is 4.72. The molecule has 0 aliphatic heterocycles. The summed E-state index contributed by atoms with van der Waals surface area (Å²) in [5.41, 5.74) is 2.97. The van der Waals surface area contributed by atoms with Gasteiger partial charge in [-0.15, -0.1) is 0 Å². The minimum atomic E-state index is 0.189. The smallest absolute Gasteiger partial charge is 0.0469 e. The molecule has 0 spiro atoms. The lowest BCUT2D eigenvalue weighted by molar-refractivity contribution is 0.145. The Balaban J connectivity index is 2.69. The first-order chi connectivity index (χ1) is 7.95. The third-order valence-electron chi connectivity index (χ3n) is 2.80. The highest BCUT2D eigenvalue weighted by molar-refractivity contribution is 9.10. The van der Waals surface area contributed by atoms with Gasteiger partial charge in [-0.2, -0.15) is 0 Å². The molecule has 1 aromatic carbocycles. The fraction of sp³-hybridized carbons (Fsp3) is 0.600. The average Bonchev–Trinajstić information content (AvgIpc) is 2.25. The molecule has 0 aliphatic carbocycles. The highest BCUT2D eigenvalue weighted by Gasteiger charge is 2.17. The summed E-state index contributed by atoms with van der Waals surface area (Å²) in [6, 6.07) is 6.68. The average molecular weight is 299 g/mol. The fourth-order valence-electron chi connectivity index (χ4n) is 1.83. The van der Waals surface area contributed by atoms with E-state index in [1.54, 1.807) is 0 Å². The molecule has 1 rings (SSSR count). The van der Waals surface area contributed by atoms with Crippen LogP contribution in [0.15, 0.2) is 22.7 Å². The van der Waals surface area contributed by atoms with Gasteiger partial charge in [-0.25, -0.2) is 0 Å². The lowest BCUT2D eigenvalue weighted by Gasteiger charge is -2.21. The second-order valence-electron chi connectivity index (χ2n) is 5.36. The van der Waals surface area contributed by atoms with Gasteiger partial charge in [0.05, 0.1) is 0 Å². The van der Waals surface area contributed by atoms with Crippen LogP contribution in [0.1, 0.15) is 45.2 Å². The Morgan fingerprint density at radius 1 is 1.24 bits per heavy atom. The summed E-state index contributed by atoms with van der Waals surface area (Å²) in [5, 5.41) is 0. The molecule has 0 N–H and O–H groups in total. The van der Waals surface area contributed by atoms with E-state index in [1.165, 1.54) is 15.6 Å². The van der Waals surface area contributed by atoms with Gasteiger partial charge in [0.15, 0.2) is 0 Å². The van der Waals surface area contributed by atoms with Crippen LogP contribution in [0.25, 0.3) is 0 Å². The van der Waals surface area contributed by atoms with Crippen molar-refractivity contribution in [3.8, 4) is 0 Å². The van der Waals surface area contributed by atoms with Crippen molar-refractivity contribution >= 4 is 15.9 Å². The van der Waals surface area contributed by atoms with E-state index in [1.807, 2.05) is 6.92 Å². The van der Waals surface area contributed by atoms with Gasteiger partial charge < -0.3 is 4.74 Å². The Kier molecular flexibility index (Phi) is 5.68. The summed E-state index contributed by atoms with van der Waals surface area (Å²) in [6.45, 7) is 10.5. The molecule has 0 aliphatic rings. The quantitative estimate of drug-likeness (QED) is 0.715. The van der Waals surface area contributed by atoms with E-state index in [0.717, 1.165) is 26.1 Å². The topological polar surface area (TPSA) is 9.23 Å². The highest BCUT2D eigenvalue weighted by Crippen LogP contribution is 2.30. The zero-order valence-corrected chi connectivity index (χ0v) is 12.9. The Morgan fingerprint density at radius 2 is 1.94 bits per heavy atom. The van der Waals surface area contributed by atoms with Crippen LogP contribution in [0, 0.1) is 0 Å². The first-order valence-electron chi connectivity index (χ1n) is 6.32. The molecule has 1 nitrogen and oxygen atoms in total. The van der Waals surface area contributed by atoms with Crippen molar-refractivity contribution in [1.29, 1.82) is 0 Å². The van der Waals surface area contributed by atoms with Gasteiger partial charge in [-0.1, -0.05) is 48.8 Å². The normalized spacial score (nSPS) is 11.8. The molecule has 0 atom stereocenters. The minimum absolute atomic E-state index is 0.189. The molecule has 0 radical (unpaired) electrons. The van der Waals surface area contributed by atoms with Gasteiger partial charge in [-0.05, 0) is 42.4 Å². The van der Waals surface area contributed by atoms with E-state index >= 15 is 0 Å². The van der Waals surface area contributed by atoms with E-state index in [4.69, 9.17) is 4.74 Å². The molecule has 2 heteroatoms. The Hall–Kier alpha value is -0.340. The lowest BCUT2D eigenvalue weighted by atomic mass is 9.86. The number of ether oxygens (including phenoxy) is 1. The Morgan fingerprint density at radius 3 is 2.53 bits per heavy atom. The Labute approximate surface area is 114 Å². The molecule has 0 amide bonds. The van der Waals surface area contributed by atoms with Gasteiger partial charge in [0.1, 0.15) is 0 Å². The van der Waals surface area contributed by atoms with Crippen LogP contribution in [0.5, 0.6) is 0 Å². The molecular weight excluding hydrogens is 276 g/mol.